The lowest BCUT2D eigenvalue weighted by Crippen LogP contribution is -2.31. The van der Waals surface area contributed by atoms with Crippen molar-refractivity contribution in [2.75, 3.05) is 7.05 Å². The molecule has 0 saturated carbocycles. The highest BCUT2D eigenvalue weighted by molar-refractivity contribution is 7.89. The standard InChI is InChI=1S/C8H8ClF2NO2S/c1-12(8(10)11)15(13,14)7-5-3-2-4-6(7)9/h2-5,8H,1H3. The van der Waals surface area contributed by atoms with Gasteiger partial charge in [-0.3, -0.25) is 0 Å². The highest BCUT2D eigenvalue weighted by atomic mass is 35.5. The molecular formula is C8H8ClF2NO2S. The summed E-state index contributed by atoms with van der Waals surface area (Å²) in [5.41, 5.74) is 0. The van der Waals surface area contributed by atoms with Crippen molar-refractivity contribution in [2.45, 2.75) is 11.4 Å². The van der Waals surface area contributed by atoms with Crippen molar-refractivity contribution in [3.63, 3.8) is 0 Å². The molecule has 0 aromatic heterocycles. The van der Waals surface area contributed by atoms with E-state index in [1.807, 2.05) is 0 Å². The third-order valence-corrected chi connectivity index (χ3v) is 4.04. The molecule has 0 atom stereocenters. The smallest absolute Gasteiger partial charge is 0.207 e. The largest absolute Gasteiger partial charge is 0.307 e. The number of sulfonamides is 1. The third kappa shape index (κ3) is 2.45. The van der Waals surface area contributed by atoms with Crippen molar-refractivity contribution < 1.29 is 17.2 Å². The zero-order chi connectivity index (χ0) is 11.6. The molecule has 0 aliphatic carbocycles. The summed E-state index contributed by atoms with van der Waals surface area (Å²) >= 11 is 5.61. The maximum absolute atomic E-state index is 12.2. The van der Waals surface area contributed by atoms with Crippen LogP contribution in [0.2, 0.25) is 5.02 Å². The normalized spacial score (nSPS) is 12.4. The van der Waals surface area contributed by atoms with Gasteiger partial charge in [-0.15, -0.1) is 4.31 Å². The Hall–Kier alpha value is -0.720. The molecule has 0 radical (unpaired) electrons. The molecule has 0 N–H and O–H groups in total. The minimum absolute atomic E-state index is 0.0335. The fourth-order valence-corrected chi connectivity index (χ4v) is 2.43. The van der Waals surface area contributed by atoms with E-state index >= 15 is 0 Å². The van der Waals surface area contributed by atoms with Gasteiger partial charge in [0.2, 0.25) is 10.0 Å². The number of benzene rings is 1. The van der Waals surface area contributed by atoms with E-state index in [9.17, 15) is 17.2 Å². The molecule has 0 aliphatic rings. The van der Waals surface area contributed by atoms with Crippen molar-refractivity contribution in [3.05, 3.63) is 29.3 Å². The maximum atomic E-state index is 12.2. The van der Waals surface area contributed by atoms with Crippen LogP contribution in [0.3, 0.4) is 0 Å². The molecule has 1 aromatic carbocycles. The molecular weight excluding hydrogens is 248 g/mol. The van der Waals surface area contributed by atoms with Gasteiger partial charge in [0.05, 0.1) is 5.02 Å². The Bertz CT molecular complexity index is 450. The number of rotatable bonds is 3. The first kappa shape index (κ1) is 12.4. The Morgan fingerprint density at radius 2 is 1.87 bits per heavy atom. The van der Waals surface area contributed by atoms with Crippen LogP contribution < -0.4 is 0 Å². The van der Waals surface area contributed by atoms with Gasteiger partial charge in [0.15, 0.2) is 0 Å². The number of halogens is 3. The molecule has 0 aliphatic heterocycles. The molecule has 0 heterocycles. The van der Waals surface area contributed by atoms with Gasteiger partial charge in [0, 0.05) is 7.05 Å². The minimum Gasteiger partial charge on any atom is -0.207 e. The van der Waals surface area contributed by atoms with Crippen molar-refractivity contribution in [3.8, 4) is 0 Å². The van der Waals surface area contributed by atoms with Crippen molar-refractivity contribution in [2.24, 2.45) is 0 Å². The predicted molar refractivity (Wildman–Crippen MR) is 52.4 cm³/mol. The van der Waals surface area contributed by atoms with E-state index in [2.05, 4.69) is 0 Å². The van der Waals surface area contributed by atoms with Crippen LogP contribution in [-0.4, -0.2) is 26.3 Å². The molecule has 1 rings (SSSR count). The lowest BCUT2D eigenvalue weighted by Gasteiger charge is -2.16. The van der Waals surface area contributed by atoms with Crippen molar-refractivity contribution in [1.82, 2.24) is 4.31 Å². The number of hydrogen-bond donors (Lipinski definition) is 0. The van der Waals surface area contributed by atoms with E-state index in [1.54, 1.807) is 0 Å². The quantitative estimate of drug-likeness (QED) is 0.777. The molecule has 3 nitrogen and oxygen atoms in total. The molecule has 0 spiro atoms. The predicted octanol–water partition coefficient (Wildman–Crippen LogP) is 2.18. The number of alkyl halides is 2. The average Bonchev–Trinajstić information content (AvgIpc) is 2.16. The summed E-state index contributed by atoms with van der Waals surface area (Å²) in [7, 11) is -3.42. The summed E-state index contributed by atoms with van der Waals surface area (Å²) in [6.07, 6.45) is 0. The summed E-state index contributed by atoms with van der Waals surface area (Å²) in [5.74, 6) is 0. The van der Waals surface area contributed by atoms with Crippen LogP contribution in [0.1, 0.15) is 0 Å². The average molecular weight is 256 g/mol. The van der Waals surface area contributed by atoms with Gasteiger partial charge in [0.25, 0.3) is 0 Å². The fourth-order valence-electron chi connectivity index (χ4n) is 0.914. The number of nitrogens with zero attached hydrogens (tertiary/aromatic N) is 1. The van der Waals surface area contributed by atoms with E-state index in [0.717, 1.165) is 7.05 Å². The molecule has 0 amide bonds. The first-order valence-corrected chi connectivity index (χ1v) is 5.70. The summed E-state index contributed by atoms with van der Waals surface area (Å²) in [4.78, 5) is -0.325. The second-order valence-electron chi connectivity index (χ2n) is 2.73. The molecule has 0 bridgehead atoms. The van der Waals surface area contributed by atoms with E-state index in [-0.39, 0.29) is 14.2 Å². The monoisotopic (exact) mass is 255 g/mol. The first-order chi connectivity index (χ1) is 6.87. The zero-order valence-electron chi connectivity index (χ0n) is 7.69. The lowest BCUT2D eigenvalue weighted by molar-refractivity contribution is 0.0464. The Labute approximate surface area is 91.3 Å². The molecule has 7 heteroatoms. The van der Waals surface area contributed by atoms with Crippen LogP contribution in [-0.2, 0) is 10.0 Å². The topological polar surface area (TPSA) is 37.4 Å². The van der Waals surface area contributed by atoms with E-state index in [1.165, 1.54) is 24.3 Å². The second kappa shape index (κ2) is 4.42. The van der Waals surface area contributed by atoms with Crippen LogP contribution in [0.4, 0.5) is 8.78 Å². The van der Waals surface area contributed by atoms with Crippen LogP contribution in [0.15, 0.2) is 29.2 Å². The van der Waals surface area contributed by atoms with Gasteiger partial charge in [-0.1, -0.05) is 23.7 Å². The zero-order valence-corrected chi connectivity index (χ0v) is 9.27. The molecule has 1 aromatic rings. The second-order valence-corrected chi connectivity index (χ2v) is 5.10. The van der Waals surface area contributed by atoms with Crippen LogP contribution in [0.25, 0.3) is 0 Å². The van der Waals surface area contributed by atoms with Crippen molar-refractivity contribution in [1.29, 1.82) is 0 Å². The van der Waals surface area contributed by atoms with Crippen LogP contribution in [0.5, 0.6) is 0 Å². The lowest BCUT2D eigenvalue weighted by atomic mass is 10.4. The summed E-state index contributed by atoms with van der Waals surface area (Å²) in [6, 6.07) is 5.44. The van der Waals surface area contributed by atoms with E-state index in [4.69, 9.17) is 11.6 Å². The van der Waals surface area contributed by atoms with Gasteiger partial charge >= 0.3 is 6.55 Å². The van der Waals surface area contributed by atoms with E-state index in [0.29, 0.717) is 0 Å². The molecule has 15 heavy (non-hydrogen) atoms. The highest BCUT2D eigenvalue weighted by Crippen LogP contribution is 2.24. The summed E-state index contributed by atoms with van der Waals surface area (Å²) < 4.78 is 47.6. The summed E-state index contributed by atoms with van der Waals surface area (Å²) in [6.45, 7) is -3.09. The van der Waals surface area contributed by atoms with Crippen LogP contribution in [0, 0.1) is 0 Å². The van der Waals surface area contributed by atoms with Gasteiger partial charge in [0.1, 0.15) is 4.90 Å². The van der Waals surface area contributed by atoms with Gasteiger partial charge in [-0.05, 0) is 12.1 Å². The molecule has 84 valence electrons. The number of hydrogen-bond acceptors (Lipinski definition) is 2. The third-order valence-electron chi connectivity index (χ3n) is 1.77. The van der Waals surface area contributed by atoms with E-state index < -0.39 is 16.6 Å². The molecule has 0 saturated heterocycles. The minimum atomic E-state index is -4.22. The Kier molecular flexibility index (Phi) is 3.64. The Morgan fingerprint density at radius 1 is 1.33 bits per heavy atom. The van der Waals surface area contributed by atoms with Gasteiger partial charge in [-0.25, -0.2) is 8.42 Å². The fraction of sp³-hybridized carbons (Fsp3) is 0.250. The van der Waals surface area contributed by atoms with Crippen molar-refractivity contribution >= 4 is 21.6 Å². The maximum Gasteiger partial charge on any atom is 0.307 e. The van der Waals surface area contributed by atoms with Crippen LogP contribution >= 0.6 is 11.6 Å². The first-order valence-electron chi connectivity index (χ1n) is 3.88. The van der Waals surface area contributed by atoms with Gasteiger partial charge < -0.3 is 0 Å². The summed E-state index contributed by atoms with van der Waals surface area (Å²) in [5, 5.41) is -0.0787. The Morgan fingerprint density at radius 3 is 2.33 bits per heavy atom. The SMILES string of the molecule is CN(C(F)F)S(=O)(=O)c1ccccc1Cl. The highest BCUT2D eigenvalue weighted by Gasteiger charge is 2.29. The van der Waals surface area contributed by atoms with Gasteiger partial charge in [-0.2, -0.15) is 8.78 Å². The molecule has 0 unspecified atom stereocenters. The Balaban J connectivity index is 3.24. The molecule has 0 fully saturated rings.